The molecule has 164 valence electrons. The molecule has 0 saturated carbocycles. The summed E-state index contributed by atoms with van der Waals surface area (Å²) in [6.07, 6.45) is 0.739. The Labute approximate surface area is 180 Å². The predicted octanol–water partition coefficient (Wildman–Crippen LogP) is 3.22. The largest absolute Gasteiger partial charge is 0.479 e. The number of hydroxylamine groups is 1. The molecule has 0 radical (unpaired) electrons. The van der Waals surface area contributed by atoms with Crippen LogP contribution in [0.15, 0.2) is 48.5 Å². The molecule has 0 fully saturated rings. The highest BCUT2D eigenvalue weighted by atomic mass is 16.7. The standard InChI is InChI=1S/C23H26N2O6/c1-15(7-6-12-21(26)25-31-14-22(27)28)24-23(29)30-13-20-18-10-4-2-8-16(18)17-9-3-5-11-19(17)20/h2-5,8-11,15,20H,6-7,12-14H2,1H3,(H,24,29)(H,25,26)(H,27,28). The molecule has 0 saturated heterocycles. The van der Waals surface area contributed by atoms with Gasteiger partial charge in [-0.1, -0.05) is 48.5 Å². The Morgan fingerprint density at radius 1 is 1.03 bits per heavy atom. The zero-order valence-electron chi connectivity index (χ0n) is 17.3. The van der Waals surface area contributed by atoms with Gasteiger partial charge in [0.1, 0.15) is 6.61 Å². The number of alkyl carbamates (subject to hydrolysis) is 1. The van der Waals surface area contributed by atoms with Gasteiger partial charge in [-0.05, 0) is 42.0 Å². The van der Waals surface area contributed by atoms with Crippen molar-refractivity contribution in [2.24, 2.45) is 0 Å². The van der Waals surface area contributed by atoms with Gasteiger partial charge in [0.15, 0.2) is 6.61 Å². The molecule has 1 unspecified atom stereocenters. The van der Waals surface area contributed by atoms with Crippen LogP contribution in [0.1, 0.15) is 43.2 Å². The van der Waals surface area contributed by atoms with E-state index in [9.17, 15) is 14.4 Å². The van der Waals surface area contributed by atoms with Crippen molar-refractivity contribution >= 4 is 18.0 Å². The lowest BCUT2D eigenvalue weighted by Crippen LogP contribution is -2.34. The van der Waals surface area contributed by atoms with Crippen molar-refractivity contribution in [3.8, 4) is 11.1 Å². The summed E-state index contributed by atoms with van der Waals surface area (Å²) in [6.45, 7) is 1.49. The van der Waals surface area contributed by atoms with Crippen molar-refractivity contribution in [3.63, 3.8) is 0 Å². The van der Waals surface area contributed by atoms with Gasteiger partial charge in [-0.2, -0.15) is 0 Å². The lowest BCUT2D eigenvalue weighted by molar-refractivity contribution is -0.149. The minimum atomic E-state index is -1.17. The van der Waals surface area contributed by atoms with Crippen molar-refractivity contribution < 1.29 is 29.1 Å². The molecule has 0 heterocycles. The van der Waals surface area contributed by atoms with Gasteiger partial charge in [0, 0.05) is 18.4 Å². The number of rotatable bonds is 10. The first-order valence-electron chi connectivity index (χ1n) is 10.2. The molecule has 2 aromatic rings. The van der Waals surface area contributed by atoms with Crippen molar-refractivity contribution in [1.29, 1.82) is 0 Å². The summed E-state index contributed by atoms with van der Waals surface area (Å²) in [5.41, 5.74) is 6.72. The quantitative estimate of drug-likeness (QED) is 0.503. The zero-order chi connectivity index (χ0) is 22.2. The maximum absolute atomic E-state index is 12.2. The number of hydrogen-bond donors (Lipinski definition) is 3. The Morgan fingerprint density at radius 2 is 1.65 bits per heavy atom. The summed E-state index contributed by atoms with van der Waals surface area (Å²) in [6, 6.07) is 16.1. The van der Waals surface area contributed by atoms with Crippen molar-refractivity contribution in [2.45, 2.75) is 38.1 Å². The molecule has 3 rings (SSSR count). The van der Waals surface area contributed by atoms with Gasteiger partial charge >= 0.3 is 12.1 Å². The van der Waals surface area contributed by atoms with E-state index in [-0.39, 0.29) is 25.0 Å². The number of carboxylic acid groups (broad SMARTS) is 1. The van der Waals surface area contributed by atoms with Crippen LogP contribution in [0.5, 0.6) is 0 Å². The normalized spacial score (nSPS) is 13.1. The number of ether oxygens (including phenoxy) is 1. The molecule has 8 heteroatoms. The van der Waals surface area contributed by atoms with Crippen LogP contribution < -0.4 is 10.8 Å². The number of amides is 2. The summed E-state index contributed by atoms with van der Waals surface area (Å²) in [4.78, 5) is 38.6. The van der Waals surface area contributed by atoms with Crippen LogP contribution in [0.3, 0.4) is 0 Å². The highest BCUT2D eigenvalue weighted by Gasteiger charge is 2.29. The van der Waals surface area contributed by atoms with Gasteiger partial charge in [0.25, 0.3) is 0 Å². The minimum Gasteiger partial charge on any atom is -0.479 e. The van der Waals surface area contributed by atoms with E-state index in [1.807, 2.05) is 31.2 Å². The van der Waals surface area contributed by atoms with Gasteiger partial charge in [-0.25, -0.2) is 15.1 Å². The average Bonchev–Trinajstić information content (AvgIpc) is 3.06. The first-order chi connectivity index (χ1) is 15.0. The van der Waals surface area contributed by atoms with E-state index in [0.29, 0.717) is 12.8 Å². The summed E-state index contributed by atoms with van der Waals surface area (Å²) >= 11 is 0. The summed E-state index contributed by atoms with van der Waals surface area (Å²) in [5.74, 6) is -1.57. The van der Waals surface area contributed by atoms with Gasteiger partial charge in [0.2, 0.25) is 5.91 Å². The van der Waals surface area contributed by atoms with E-state index in [1.54, 1.807) is 0 Å². The summed E-state index contributed by atoms with van der Waals surface area (Å²) in [7, 11) is 0. The van der Waals surface area contributed by atoms with Crippen molar-refractivity contribution in [1.82, 2.24) is 10.8 Å². The van der Waals surface area contributed by atoms with Gasteiger partial charge in [-0.15, -0.1) is 0 Å². The number of carbonyl (C=O) groups is 3. The highest BCUT2D eigenvalue weighted by molar-refractivity contribution is 5.79. The van der Waals surface area contributed by atoms with E-state index < -0.39 is 24.6 Å². The number of aliphatic carboxylic acids is 1. The molecule has 0 bridgehead atoms. The Balaban J connectivity index is 1.41. The van der Waals surface area contributed by atoms with Gasteiger partial charge < -0.3 is 15.2 Å². The third-order valence-electron chi connectivity index (χ3n) is 5.13. The maximum Gasteiger partial charge on any atom is 0.407 e. The lowest BCUT2D eigenvalue weighted by atomic mass is 9.98. The fourth-order valence-corrected chi connectivity index (χ4v) is 3.71. The molecule has 2 aromatic carbocycles. The molecule has 3 N–H and O–H groups in total. The third-order valence-corrected chi connectivity index (χ3v) is 5.13. The van der Waals surface area contributed by atoms with Crippen LogP contribution in [-0.4, -0.2) is 42.3 Å². The number of fused-ring (bicyclic) bond motifs is 3. The molecule has 0 aliphatic heterocycles. The monoisotopic (exact) mass is 426 g/mol. The molecule has 1 aliphatic rings. The number of nitrogens with one attached hydrogen (secondary N) is 2. The lowest BCUT2D eigenvalue weighted by Gasteiger charge is -2.17. The minimum absolute atomic E-state index is 0.00274. The van der Waals surface area contributed by atoms with Crippen LogP contribution in [0.4, 0.5) is 4.79 Å². The van der Waals surface area contributed by atoms with E-state index >= 15 is 0 Å². The topological polar surface area (TPSA) is 114 Å². The second kappa shape index (κ2) is 10.6. The summed E-state index contributed by atoms with van der Waals surface area (Å²) < 4.78 is 5.51. The molecular weight excluding hydrogens is 400 g/mol. The van der Waals surface area contributed by atoms with Crippen LogP contribution >= 0.6 is 0 Å². The Morgan fingerprint density at radius 3 is 2.26 bits per heavy atom. The van der Waals surface area contributed by atoms with Crippen LogP contribution in [0.2, 0.25) is 0 Å². The first kappa shape index (κ1) is 22.3. The number of benzene rings is 2. The van der Waals surface area contributed by atoms with Gasteiger partial charge in [-0.3, -0.25) is 9.63 Å². The van der Waals surface area contributed by atoms with Crippen LogP contribution in [-0.2, 0) is 19.2 Å². The smallest absolute Gasteiger partial charge is 0.407 e. The summed E-state index contributed by atoms with van der Waals surface area (Å²) in [5, 5.41) is 11.2. The fourth-order valence-electron chi connectivity index (χ4n) is 3.71. The Bertz CT molecular complexity index is 900. The van der Waals surface area contributed by atoms with E-state index in [0.717, 1.165) is 11.1 Å². The van der Waals surface area contributed by atoms with Crippen LogP contribution in [0, 0.1) is 0 Å². The number of carboxylic acids is 1. The van der Waals surface area contributed by atoms with Crippen molar-refractivity contribution in [3.05, 3.63) is 59.7 Å². The number of hydrogen-bond acceptors (Lipinski definition) is 5. The van der Waals surface area contributed by atoms with Crippen molar-refractivity contribution in [2.75, 3.05) is 13.2 Å². The zero-order valence-corrected chi connectivity index (χ0v) is 17.3. The molecule has 8 nitrogen and oxygen atoms in total. The molecule has 2 amide bonds. The molecule has 0 spiro atoms. The highest BCUT2D eigenvalue weighted by Crippen LogP contribution is 2.44. The average molecular weight is 426 g/mol. The SMILES string of the molecule is CC(CCCC(=O)NOCC(=O)O)NC(=O)OCC1c2ccccc2-c2ccccc21. The molecule has 0 aromatic heterocycles. The van der Waals surface area contributed by atoms with Gasteiger partial charge in [0.05, 0.1) is 0 Å². The Kier molecular flexibility index (Phi) is 7.61. The van der Waals surface area contributed by atoms with E-state index in [1.165, 1.54) is 11.1 Å². The van der Waals surface area contributed by atoms with Crippen LogP contribution in [0.25, 0.3) is 11.1 Å². The molecular formula is C23H26N2O6. The van der Waals surface area contributed by atoms with E-state index in [4.69, 9.17) is 9.84 Å². The molecule has 1 atom stereocenters. The Hall–Kier alpha value is -3.39. The maximum atomic E-state index is 12.2. The number of carbonyl (C=O) groups excluding carboxylic acids is 2. The second-order valence-corrected chi connectivity index (χ2v) is 7.47. The molecule has 31 heavy (non-hydrogen) atoms. The fraction of sp³-hybridized carbons (Fsp3) is 0.348. The molecule has 1 aliphatic carbocycles. The first-order valence-corrected chi connectivity index (χ1v) is 10.2. The predicted molar refractivity (Wildman–Crippen MR) is 113 cm³/mol. The third kappa shape index (κ3) is 6.05. The second-order valence-electron chi connectivity index (χ2n) is 7.47. The van der Waals surface area contributed by atoms with E-state index in [2.05, 4.69) is 39.9 Å².